The first-order chi connectivity index (χ1) is 13.2. The molecular weight excluding hydrogens is 379 g/mol. The zero-order valence-corrected chi connectivity index (χ0v) is 15.1. The summed E-state index contributed by atoms with van der Waals surface area (Å²) in [7, 11) is 1.45. The van der Waals surface area contributed by atoms with Crippen LogP contribution < -0.4 is 14.8 Å². The lowest BCUT2D eigenvalue weighted by molar-refractivity contribution is -0.155. The van der Waals surface area contributed by atoms with E-state index in [1.165, 1.54) is 14.0 Å². The minimum atomic E-state index is -4.47. The molecule has 0 saturated carbocycles. The first-order valence-electron chi connectivity index (χ1n) is 8.14. The second-order valence-corrected chi connectivity index (χ2v) is 5.64. The van der Waals surface area contributed by atoms with E-state index in [-0.39, 0.29) is 5.69 Å². The molecule has 0 aliphatic rings. The fraction of sp³-hybridized carbons (Fsp3) is 0.263. The molecule has 2 rings (SSSR count). The Morgan fingerprint density at radius 2 is 1.64 bits per heavy atom. The number of carbonyl (C=O) groups is 2. The van der Waals surface area contributed by atoms with Crippen molar-refractivity contribution in [1.29, 1.82) is 0 Å². The fourth-order valence-electron chi connectivity index (χ4n) is 2.15. The lowest BCUT2D eigenvalue weighted by Gasteiger charge is -2.15. The molecule has 150 valence electrons. The number of esters is 1. The van der Waals surface area contributed by atoms with Gasteiger partial charge in [-0.05, 0) is 43.3 Å². The highest BCUT2D eigenvalue weighted by atomic mass is 19.4. The summed E-state index contributed by atoms with van der Waals surface area (Å²) in [4.78, 5) is 23.9. The summed E-state index contributed by atoms with van der Waals surface area (Å²) in [6.07, 6.45) is -5.64. The fourth-order valence-corrected chi connectivity index (χ4v) is 2.15. The molecule has 2 aromatic rings. The second-order valence-electron chi connectivity index (χ2n) is 5.64. The number of hydrogen-bond donors (Lipinski definition) is 1. The molecule has 0 fully saturated rings. The third-order valence-electron chi connectivity index (χ3n) is 3.57. The molecule has 28 heavy (non-hydrogen) atoms. The maximum atomic E-state index is 12.5. The van der Waals surface area contributed by atoms with Crippen LogP contribution in [-0.2, 0) is 20.5 Å². The first-order valence-corrected chi connectivity index (χ1v) is 8.14. The summed E-state index contributed by atoms with van der Waals surface area (Å²) in [5.41, 5.74) is -0.690. The van der Waals surface area contributed by atoms with E-state index in [1.807, 2.05) is 0 Å². The van der Waals surface area contributed by atoms with Gasteiger partial charge in [0.1, 0.15) is 0 Å². The van der Waals surface area contributed by atoms with Crippen LogP contribution in [0.1, 0.15) is 12.5 Å². The molecule has 0 radical (unpaired) electrons. The highest BCUT2D eigenvalue weighted by molar-refractivity contribution is 5.95. The van der Waals surface area contributed by atoms with Crippen LogP contribution in [0.3, 0.4) is 0 Å². The van der Waals surface area contributed by atoms with Crippen molar-refractivity contribution >= 4 is 17.6 Å². The molecule has 0 unspecified atom stereocenters. The maximum absolute atomic E-state index is 12.5. The van der Waals surface area contributed by atoms with Crippen molar-refractivity contribution in [2.45, 2.75) is 19.2 Å². The van der Waals surface area contributed by atoms with Crippen molar-refractivity contribution < 1.29 is 37.0 Å². The summed E-state index contributed by atoms with van der Waals surface area (Å²) < 4.78 is 52.9. The molecule has 9 heteroatoms. The summed E-state index contributed by atoms with van der Waals surface area (Å²) in [5.74, 6) is -0.710. The minimum Gasteiger partial charge on any atom is -0.493 e. The van der Waals surface area contributed by atoms with Crippen molar-refractivity contribution in [3.8, 4) is 11.5 Å². The highest BCUT2D eigenvalue weighted by Gasteiger charge is 2.30. The molecule has 0 spiro atoms. The highest BCUT2D eigenvalue weighted by Crippen LogP contribution is 2.30. The van der Waals surface area contributed by atoms with Gasteiger partial charge < -0.3 is 19.5 Å². The van der Waals surface area contributed by atoms with E-state index in [4.69, 9.17) is 14.2 Å². The van der Waals surface area contributed by atoms with Gasteiger partial charge in [-0.3, -0.25) is 4.79 Å². The number of benzene rings is 2. The Morgan fingerprint density at radius 1 is 1.04 bits per heavy atom. The molecule has 0 saturated heterocycles. The van der Waals surface area contributed by atoms with Crippen LogP contribution in [0.5, 0.6) is 11.5 Å². The molecule has 1 atom stereocenters. The molecule has 0 heterocycles. The standard InChI is InChI=1S/C19H18F3NO5/c1-12(18(25)23-14-9-7-13(8-10-14)19(20,21)22)28-17(24)11-27-16-6-4-3-5-15(16)26-2/h3-10,12H,11H2,1-2H3,(H,23,25)/t12-/m0/s1. The number of amides is 1. The van der Waals surface area contributed by atoms with E-state index >= 15 is 0 Å². The monoisotopic (exact) mass is 397 g/mol. The Morgan fingerprint density at radius 3 is 2.21 bits per heavy atom. The van der Waals surface area contributed by atoms with Gasteiger partial charge in [0.05, 0.1) is 12.7 Å². The van der Waals surface area contributed by atoms with Gasteiger partial charge in [-0.25, -0.2) is 4.79 Å². The molecule has 0 aliphatic carbocycles. The van der Waals surface area contributed by atoms with Gasteiger partial charge in [0.15, 0.2) is 24.2 Å². The van der Waals surface area contributed by atoms with Gasteiger partial charge in [-0.1, -0.05) is 12.1 Å². The average Bonchev–Trinajstić information content (AvgIpc) is 2.66. The van der Waals surface area contributed by atoms with Crippen molar-refractivity contribution in [3.63, 3.8) is 0 Å². The Bertz CT molecular complexity index is 821. The molecule has 0 bridgehead atoms. The lowest BCUT2D eigenvalue weighted by atomic mass is 10.2. The number of rotatable bonds is 7. The van der Waals surface area contributed by atoms with Gasteiger partial charge in [0.2, 0.25) is 0 Å². The summed E-state index contributed by atoms with van der Waals surface area (Å²) in [6, 6.07) is 10.6. The smallest absolute Gasteiger partial charge is 0.416 e. The van der Waals surface area contributed by atoms with Crippen LogP contribution in [0.15, 0.2) is 48.5 Å². The maximum Gasteiger partial charge on any atom is 0.416 e. The number of anilines is 1. The molecule has 2 aromatic carbocycles. The van der Waals surface area contributed by atoms with Gasteiger partial charge in [0, 0.05) is 5.69 Å². The van der Waals surface area contributed by atoms with E-state index in [0.717, 1.165) is 24.3 Å². The summed E-state index contributed by atoms with van der Waals surface area (Å²) >= 11 is 0. The van der Waals surface area contributed by atoms with Crippen molar-refractivity contribution in [1.82, 2.24) is 0 Å². The zero-order chi connectivity index (χ0) is 20.7. The molecule has 0 aromatic heterocycles. The first kappa shape index (κ1) is 21.1. The Labute approximate surface area is 159 Å². The molecule has 1 N–H and O–H groups in total. The predicted octanol–water partition coefficient (Wildman–Crippen LogP) is 3.66. The Balaban J connectivity index is 1.85. The quantitative estimate of drug-likeness (QED) is 0.722. The van der Waals surface area contributed by atoms with Crippen LogP contribution in [-0.4, -0.2) is 31.7 Å². The minimum absolute atomic E-state index is 0.145. The van der Waals surface area contributed by atoms with Crippen LogP contribution in [0, 0.1) is 0 Å². The summed E-state index contributed by atoms with van der Waals surface area (Å²) in [5, 5.41) is 2.37. The number of methoxy groups -OCH3 is 1. The van der Waals surface area contributed by atoms with Crippen LogP contribution >= 0.6 is 0 Å². The number of nitrogens with one attached hydrogen (secondary N) is 1. The SMILES string of the molecule is COc1ccccc1OCC(=O)O[C@@H](C)C(=O)Nc1ccc(C(F)(F)F)cc1. The van der Waals surface area contributed by atoms with Gasteiger partial charge >= 0.3 is 12.1 Å². The van der Waals surface area contributed by atoms with E-state index < -0.39 is 36.3 Å². The third kappa shape index (κ3) is 5.90. The van der Waals surface area contributed by atoms with E-state index in [1.54, 1.807) is 24.3 Å². The van der Waals surface area contributed by atoms with Crippen molar-refractivity contribution in [2.75, 3.05) is 19.0 Å². The predicted molar refractivity (Wildman–Crippen MR) is 94.1 cm³/mol. The van der Waals surface area contributed by atoms with Gasteiger partial charge in [0.25, 0.3) is 5.91 Å². The number of para-hydroxylation sites is 2. The molecule has 1 amide bonds. The number of carbonyl (C=O) groups excluding carboxylic acids is 2. The van der Waals surface area contributed by atoms with E-state index in [2.05, 4.69) is 5.32 Å². The molecule has 6 nitrogen and oxygen atoms in total. The van der Waals surface area contributed by atoms with E-state index in [0.29, 0.717) is 11.5 Å². The van der Waals surface area contributed by atoms with Crippen LogP contribution in [0.4, 0.5) is 18.9 Å². The average molecular weight is 397 g/mol. The number of halogens is 3. The summed E-state index contributed by atoms with van der Waals surface area (Å²) in [6.45, 7) is 0.888. The van der Waals surface area contributed by atoms with E-state index in [9.17, 15) is 22.8 Å². The van der Waals surface area contributed by atoms with Gasteiger partial charge in [-0.15, -0.1) is 0 Å². The lowest BCUT2D eigenvalue weighted by Crippen LogP contribution is -2.31. The number of hydrogen-bond acceptors (Lipinski definition) is 5. The van der Waals surface area contributed by atoms with Crippen LogP contribution in [0.2, 0.25) is 0 Å². The molecular formula is C19H18F3NO5. The number of ether oxygens (including phenoxy) is 3. The Kier molecular flexibility index (Phi) is 6.86. The molecule has 0 aliphatic heterocycles. The number of alkyl halides is 3. The van der Waals surface area contributed by atoms with Crippen LogP contribution in [0.25, 0.3) is 0 Å². The normalized spacial score (nSPS) is 12.0. The topological polar surface area (TPSA) is 73.9 Å². The second kappa shape index (κ2) is 9.12. The van der Waals surface area contributed by atoms with Crippen molar-refractivity contribution in [2.24, 2.45) is 0 Å². The van der Waals surface area contributed by atoms with Crippen molar-refractivity contribution in [3.05, 3.63) is 54.1 Å². The third-order valence-corrected chi connectivity index (χ3v) is 3.57. The largest absolute Gasteiger partial charge is 0.493 e. The Hall–Kier alpha value is -3.23. The zero-order valence-electron chi connectivity index (χ0n) is 15.1. The van der Waals surface area contributed by atoms with Gasteiger partial charge in [-0.2, -0.15) is 13.2 Å².